The van der Waals surface area contributed by atoms with Gasteiger partial charge >= 0.3 is 6.03 Å². The minimum atomic E-state index is -0.289. The third-order valence-corrected chi connectivity index (χ3v) is 5.49. The highest BCUT2D eigenvalue weighted by atomic mass is 16.5. The Balaban J connectivity index is 1.56. The summed E-state index contributed by atoms with van der Waals surface area (Å²) in [4.78, 5) is 19.0. The van der Waals surface area contributed by atoms with Gasteiger partial charge in [-0.2, -0.15) is 0 Å². The van der Waals surface area contributed by atoms with Crippen molar-refractivity contribution in [1.29, 1.82) is 0 Å². The average molecular weight is 446 g/mol. The maximum absolute atomic E-state index is 13.1. The van der Waals surface area contributed by atoms with Crippen LogP contribution in [0.1, 0.15) is 22.4 Å². The fraction of sp³-hybridized carbons (Fsp3) is 0.231. The second-order valence-corrected chi connectivity index (χ2v) is 7.76. The van der Waals surface area contributed by atoms with Gasteiger partial charge in [0.05, 0.1) is 29.4 Å². The molecule has 2 amide bonds. The van der Waals surface area contributed by atoms with E-state index in [1.807, 2.05) is 56.3 Å². The highest BCUT2D eigenvalue weighted by Gasteiger charge is 2.29. The van der Waals surface area contributed by atoms with Crippen LogP contribution in [0, 0.1) is 13.8 Å². The van der Waals surface area contributed by atoms with E-state index < -0.39 is 0 Å². The SMILES string of the molecule is C=C1c2ccc(OCCOC)cc2NC(=O)N1c1cc(OCc2ncccc2C)ccc1C. The Morgan fingerprint density at radius 3 is 2.58 bits per heavy atom. The van der Waals surface area contributed by atoms with E-state index in [4.69, 9.17) is 14.2 Å². The van der Waals surface area contributed by atoms with Crippen LogP contribution in [0.5, 0.6) is 11.5 Å². The first-order valence-corrected chi connectivity index (χ1v) is 10.7. The van der Waals surface area contributed by atoms with Crippen molar-refractivity contribution >= 4 is 23.1 Å². The lowest BCUT2D eigenvalue weighted by atomic mass is 10.0. The Labute approximate surface area is 193 Å². The summed E-state index contributed by atoms with van der Waals surface area (Å²) in [6.07, 6.45) is 1.75. The van der Waals surface area contributed by atoms with Gasteiger partial charge in [-0.25, -0.2) is 4.79 Å². The second kappa shape index (κ2) is 9.75. The highest BCUT2D eigenvalue weighted by molar-refractivity contribution is 6.16. The maximum atomic E-state index is 13.1. The minimum Gasteiger partial charge on any atom is -0.491 e. The van der Waals surface area contributed by atoms with Crippen LogP contribution < -0.4 is 19.7 Å². The lowest BCUT2D eigenvalue weighted by molar-refractivity contribution is 0.146. The quantitative estimate of drug-likeness (QED) is 0.475. The van der Waals surface area contributed by atoms with E-state index in [2.05, 4.69) is 16.9 Å². The number of ether oxygens (including phenoxy) is 3. The summed E-state index contributed by atoms with van der Waals surface area (Å²) in [6.45, 7) is 9.41. The summed E-state index contributed by atoms with van der Waals surface area (Å²) in [7, 11) is 1.62. The number of aryl methyl sites for hydroxylation is 2. The number of anilines is 2. The number of carbonyl (C=O) groups is 1. The monoisotopic (exact) mass is 445 g/mol. The van der Waals surface area contributed by atoms with Crippen molar-refractivity contribution in [3.05, 3.63) is 83.7 Å². The average Bonchev–Trinajstić information content (AvgIpc) is 2.80. The number of urea groups is 1. The molecule has 3 aromatic rings. The van der Waals surface area contributed by atoms with Crippen molar-refractivity contribution in [2.24, 2.45) is 0 Å². The summed E-state index contributed by atoms with van der Waals surface area (Å²) in [5, 5.41) is 2.95. The van der Waals surface area contributed by atoms with Crippen LogP contribution in [0.2, 0.25) is 0 Å². The standard InChI is InChI=1S/C26H27N3O4/c1-17-6-5-11-27-24(17)16-33-21-8-7-18(2)25(15-21)29-19(3)22-10-9-20(32-13-12-31-4)14-23(22)28-26(29)30/h5-11,14-15H,3,12-13,16H2,1-2,4H3,(H,28,30). The van der Waals surface area contributed by atoms with Gasteiger partial charge in [0, 0.05) is 31.0 Å². The number of hydrogen-bond acceptors (Lipinski definition) is 5. The van der Waals surface area contributed by atoms with E-state index in [9.17, 15) is 4.79 Å². The predicted molar refractivity (Wildman–Crippen MR) is 129 cm³/mol. The van der Waals surface area contributed by atoms with E-state index in [1.165, 1.54) is 0 Å². The first-order chi connectivity index (χ1) is 16.0. The second-order valence-electron chi connectivity index (χ2n) is 7.76. The molecule has 2 aromatic carbocycles. The van der Waals surface area contributed by atoms with Crippen LogP contribution >= 0.6 is 0 Å². The molecule has 1 aliphatic heterocycles. The zero-order valence-corrected chi connectivity index (χ0v) is 19.1. The predicted octanol–water partition coefficient (Wildman–Crippen LogP) is 5.33. The van der Waals surface area contributed by atoms with Crippen LogP contribution in [0.3, 0.4) is 0 Å². The number of fused-ring (bicyclic) bond motifs is 1. The normalized spacial score (nSPS) is 12.9. The highest BCUT2D eigenvalue weighted by Crippen LogP contribution is 2.39. The van der Waals surface area contributed by atoms with Crippen molar-refractivity contribution in [2.45, 2.75) is 20.5 Å². The Morgan fingerprint density at radius 2 is 1.79 bits per heavy atom. The largest absolute Gasteiger partial charge is 0.491 e. The van der Waals surface area contributed by atoms with Gasteiger partial charge < -0.3 is 19.5 Å². The fourth-order valence-electron chi connectivity index (χ4n) is 3.62. The van der Waals surface area contributed by atoms with Crippen molar-refractivity contribution in [1.82, 2.24) is 4.98 Å². The van der Waals surface area contributed by atoms with Crippen LogP contribution in [0.25, 0.3) is 5.70 Å². The Morgan fingerprint density at radius 1 is 1.00 bits per heavy atom. The van der Waals surface area contributed by atoms with E-state index >= 15 is 0 Å². The van der Waals surface area contributed by atoms with Gasteiger partial charge in [0.2, 0.25) is 0 Å². The zero-order valence-electron chi connectivity index (χ0n) is 19.1. The van der Waals surface area contributed by atoms with Gasteiger partial charge in [-0.3, -0.25) is 9.88 Å². The third kappa shape index (κ3) is 4.83. The summed E-state index contributed by atoms with van der Waals surface area (Å²) >= 11 is 0. The maximum Gasteiger partial charge on any atom is 0.330 e. The van der Waals surface area contributed by atoms with Gasteiger partial charge in [-0.15, -0.1) is 0 Å². The molecular formula is C26H27N3O4. The van der Waals surface area contributed by atoms with Crippen LogP contribution in [-0.4, -0.2) is 31.3 Å². The summed E-state index contributed by atoms with van der Waals surface area (Å²) < 4.78 is 16.7. The van der Waals surface area contributed by atoms with Gasteiger partial charge in [-0.05, 0) is 49.2 Å². The van der Waals surface area contributed by atoms with Crippen molar-refractivity contribution in [3.8, 4) is 11.5 Å². The molecule has 0 spiro atoms. The molecule has 0 bridgehead atoms. The molecule has 0 radical (unpaired) electrons. The molecule has 1 aliphatic rings. The third-order valence-electron chi connectivity index (χ3n) is 5.49. The molecule has 1 N–H and O–H groups in total. The number of methoxy groups -OCH3 is 1. The van der Waals surface area contributed by atoms with Crippen LogP contribution in [0.15, 0.2) is 61.3 Å². The Hall–Kier alpha value is -3.84. The number of hydrogen-bond donors (Lipinski definition) is 1. The minimum absolute atomic E-state index is 0.289. The number of aromatic nitrogens is 1. The molecule has 1 aromatic heterocycles. The van der Waals surface area contributed by atoms with Crippen molar-refractivity contribution < 1.29 is 19.0 Å². The molecular weight excluding hydrogens is 418 g/mol. The molecule has 2 heterocycles. The molecule has 0 unspecified atom stereocenters. The Bertz CT molecular complexity index is 1190. The van der Waals surface area contributed by atoms with Crippen molar-refractivity contribution in [3.63, 3.8) is 0 Å². The zero-order chi connectivity index (χ0) is 23.4. The molecule has 7 nitrogen and oxygen atoms in total. The smallest absolute Gasteiger partial charge is 0.330 e. The molecule has 7 heteroatoms. The number of nitrogens with zero attached hydrogens (tertiary/aromatic N) is 2. The molecule has 4 rings (SSSR count). The first kappa shape index (κ1) is 22.4. The van der Waals surface area contributed by atoms with Crippen LogP contribution in [0.4, 0.5) is 16.2 Å². The summed E-state index contributed by atoms with van der Waals surface area (Å²) in [5.74, 6) is 1.30. The van der Waals surface area contributed by atoms with Gasteiger partial charge in [0.15, 0.2) is 0 Å². The molecule has 0 atom stereocenters. The Kier molecular flexibility index (Phi) is 6.60. The molecule has 0 aliphatic carbocycles. The topological polar surface area (TPSA) is 72.9 Å². The van der Waals surface area contributed by atoms with E-state index in [0.29, 0.717) is 48.4 Å². The van der Waals surface area contributed by atoms with Gasteiger partial charge in [-0.1, -0.05) is 18.7 Å². The van der Waals surface area contributed by atoms with E-state index in [0.717, 1.165) is 22.4 Å². The van der Waals surface area contributed by atoms with Gasteiger partial charge in [0.25, 0.3) is 0 Å². The number of carbonyl (C=O) groups excluding carboxylic acids is 1. The van der Waals surface area contributed by atoms with Gasteiger partial charge in [0.1, 0.15) is 24.7 Å². The number of amides is 2. The summed E-state index contributed by atoms with van der Waals surface area (Å²) in [5.41, 5.74) is 5.64. The lowest BCUT2D eigenvalue weighted by Crippen LogP contribution is -2.37. The molecule has 170 valence electrons. The summed E-state index contributed by atoms with van der Waals surface area (Å²) in [6, 6.07) is 14.8. The number of pyridine rings is 1. The molecule has 0 fully saturated rings. The molecule has 0 saturated heterocycles. The van der Waals surface area contributed by atoms with Crippen molar-refractivity contribution in [2.75, 3.05) is 30.5 Å². The fourth-order valence-corrected chi connectivity index (χ4v) is 3.62. The number of benzene rings is 2. The van der Waals surface area contributed by atoms with E-state index in [1.54, 1.807) is 24.3 Å². The number of rotatable bonds is 8. The molecule has 0 saturated carbocycles. The first-order valence-electron chi connectivity index (χ1n) is 10.7. The lowest BCUT2D eigenvalue weighted by Gasteiger charge is -2.32. The number of nitrogens with one attached hydrogen (secondary N) is 1. The molecule has 33 heavy (non-hydrogen) atoms. The van der Waals surface area contributed by atoms with Crippen LogP contribution in [-0.2, 0) is 11.3 Å². The van der Waals surface area contributed by atoms with E-state index in [-0.39, 0.29) is 6.03 Å².